The minimum Gasteiger partial charge on any atom is -0.399 e. The Labute approximate surface area is 118 Å². The van der Waals surface area contributed by atoms with Crippen molar-refractivity contribution in [2.45, 2.75) is 19.0 Å². The molecule has 2 rings (SSSR count). The largest absolute Gasteiger partial charge is 0.399 e. The molecular weight excluding hydrogens is 250 g/mol. The first-order valence-electron chi connectivity index (χ1n) is 6.57. The van der Waals surface area contributed by atoms with E-state index in [2.05, 4.69) is 5.32 Å². The van der Waals surface area contributed by atoms with E-state index in [9.17, 15) is 4.79 Å². The maximum atomic E-state index is 11.9. The maximum absolute atomic E-state index is 11.9. The summed E-state index contributed by atoms with van der Waals surface area (Å²) in [6.07, 6.45) is 0.531. The number of benzene rings is 2. The number of amides is 1. The lowest BCUT2D eigenvalue weighted by atomic mass is 10.1. The SMILES string of the molecule is Nc1cccc(CNC(=O)C(N)Cc2ccccc2)c1. The van der Waals surface area contributed by atoms with Crippen LogP contribution in [0.1, 0.15) is 11.1 Å². The van der Waals surface area contributed by atoms with Gasteiger partial charge in [-0.05, 0) is 29.7 Å². The van der Waals surface area contributed by atoms with E-state index in [0.717, 1.165) is 11.1 Å². The average molecular weight is 269 g/mol. The Bertz CT molecular complexity index is 569. The molecule has 0 aliphatic heterocycles. The summed E-state index contributed by atoms with van der Waals surface area (Å²) in [5.41, 5.74) is 14.3. The lowest BCUT2D eigenvalue weighted by Crippen LogP contribution is -2.41. The van der Waals surface area contributed by atoms with Gasteiger partial charge in [-0.1, -0.05) is 42.5 Å². The predicted octanol–water partition coefficient (Wildman–Crippen LogP) is 1.45. The minimum absolute atomic E-state index is 0.156. The smallest absolute Gasteiger partial charge is 0.237 e. The number of carbonyl (C=O) groups excluding carboxylic acids is 1. The van der Waals surface area contributed by atoms with Gasteiger partial charge in [-0.15, -0.1) is 0 Å². The summed E-state index contributed by atoms with van der Waals surface area (Å²) in [7, 11) is 0. The zero-order valence-corrected chi connectivity index (χ0v) is 11.3. The van der Waals surface area contributed by atoms with Crippen molar-refractivity contribution in [3.05, 3.63) is 65.7 Å². The normalized spacial score (nSPS) is 11.8. The third-order valence-corrected chi connectivity index (χ3v) is 3.05. The highest BCUT2D eigenvalue weighted by Gasteiger charge is 2.13. The summed E-state index contributed by atoms with van der Waals surface area (Å²) in [5, 5.41) is 2.83. The van der Waals surface area contributed by atoms with E-state index in [1.165, 1.54) is 0 Å². The van der Waals surface area contributed by atoms with Crippen LogP contribution in [0, 0.1) is 0 Å². The van der Waals surface area contributed by atoms with Crippen molar-refractivity contribution in [3.63, 3.8) is 0 Å². The molecule has 4 nitrogen and oxygen atoms in total. The Morgan fingerprint density at radius 1 is 1.05 bits per heavy atom. The van der Waals surface area contributed by atoms with Crippen molar-refractivity contribution < 1.29 is 4.79 Å². The lowest BCUT2D eigenvalue weighted by Gasteiger charge is -2.12. The van der Waals surface area contributed by atoms with Crippen molar-refractivity contribution in [1.82, 2.24) is 5.32 Å². The highest BCUT2D eigenvalue weighted by atomic mass is 16.2. The first-order chi connectivity index (χ1) is 9.65. The molecule has 0 saturated heterocycles. The molecule has 0 aliphatic carbocycles. The summed E-state index contributed by atoms with van der Waals surface area (Å²) in [6, 6.07) is 16.6. The van der Waals surface area contributed by atoms with Gasteiger partial charge in [-0.3, -0.25) is 4.79 Å². The minimum atomic E-state index is -0.543. The fraction of sp³-hybridized carbons (Fsp3) is 0.188. The molecule has 104 valence electrons. The summed E-state index contributed by atoms with van der Waals surface area (Å²) in [6.45, 7) is 0.437. The molecule has 20 heavy (non-hydrogen) atoms. The van der Waals surface area contributed by atoms with E-state index in [-0.39, 0.29) is 5.91 Å². The Balaban J connectivity index is 1.85. The van der Waals surface area contributed by atoms with Crippen LogP contribution < -0.4 is 16.8 Å². The molecule has 0 bridgehead atoms. The lowest BCUT2D eigenvalue weighted by molar-refractivity contribution is -0.122. The van der Waals surface area contributed by atoms with E-state index in [1.54, 1.807) is 0 Å². The molecule has 0 aromatic heterocycles. The molecular formula is C16H19N3O. The highest BCUT2D eigenvalue weighted by molar-refractivity contribution is 5.81. The van der Waals surface area contributed by atoms with Crippen LogP contribution in [-0.4, -0.2) is 11.9 Å². The molecule has 1 atom stereocenters. The van der Waals surface area contributed by atoms with Gasteiger partial charge in [0.15, 0.2) is 0 Å². The van der Waals surface area contributed by atoms with Crippen LogP contribution in [0.5, 0.6) is 0 Å². The van der Waals surface area contributed by atoms with Gasteiger partial charge in [0.25, 0.3) is 0 Å². The van der Waals surface area contributed by atoms with Crippen LogP contribution in [0.4, 0.5) is 5.69 Å². The molecule has 0 saturated carbocycles. The van der Waals surface area contributed by atoms with Crippen LogP contribution in [-0.2, 0) is 17.8 Å². The van der Waals surface area contributed by atoms with E-state index < -0.39 is 6.04 Å². The Hall–Kier alpha value is -2.33. The number of hydrogen-bond donors (Lipinski definition) is 3. The van der Waals surface area contributed by atoms with Gasteiger partial charge in [-0.25, -0.2) is 0 Å². The third kappa shape index (κ3) is 4.10. The monoisotopic (exact) mass is 269 g/mol. The zero-order chi connectivity index (χ0) is 14.4. The first kappa shape index (κ1) is 14.1. The maximum Gasteiger partial charge on any atom is 0.237 e. The van der Waals surface area contributed by atoms with Crippen molar-refractivity contribution in [3.8, 4) is 0 Å². The average Bonchev–Trinajstić information content (AvgIpc) is 2.46. The van der Waals surface area contributed by atoms with E-state index in [1.807, 2.05) is 54.6 Å². The Kier molecular flexibility index (Phi) is 4.74. The molecule has 5 N–H and O–H groups in total. The van der Waals surface area contributed by atoms with Crippen molar-refractivity contribution in [2.75, 3.05) is 5.73 Å². The van der Waals surface area contributed by atoms with Crippen molar-refractivity contribution in [1.29, 1.82) is 0 Å². The fourth-order valence-corrected chi connectivity index (χ4v) is 1.98. The van der Waals surface area contributed by atoms with Gasteiger partial charge < -0.3 is 16.8 Å². The summed E-state index contributed by atoms with van der Waals surface area (Å²) < 4.78 is 0. The molecule has 0 radical (unpaired) electrons. The number of nitrogens with one attached hydrogen (secondary N) is 1. The molecule has 2 aromatic carbocycles. The number of anilines is 1. The van der Waals surface area contributed by atoms with E-state index in [4.69, 9.17) is 11.5 Å². The Morgan fingerprint density at radius 3 is 2.45 bits per heavy atom. The molecule has 4 heteroatoms. The third-order valence-electron chi connectivity index (χ3n) is 3.05. The molecule has 1 amide bonds. The molecule has 2 aromatic rings. The number of nitrogen functional groups attached to an aromatic ring is 1. The predicted molar refractivity (Wildman–Crippen MR) is 80.8 cm³/mol. The summed E-state index contributed by atoms with van der Waals surface area (Å²) in [4.78, 5) is 11.9. The molecule has 0 spiro atoms. The molecule has 1 unspecified atom stereocenters. The van der Waals surface area contributed by atoms with E-state index >= 15 is 0 Å². The van der Waals surface area contributed by atoms with Crippen LogP contribution in [0.3, 0.4) is 0 Å². The van der Waals surface area contributed by atoms with Gasteiger partial charge in [0, 0.05) is 12.2 Å². The molecule has 0 fully saturated rings. The first-order valence-corrected chi connectivity index (χ1v) is 6.57. The Morgan fingerprint density at radius 2 is 1.75 bits per heavy atom. The van der Waals surface area contributed by atoms with Gasteiger partial charge in [0.2, 0.25) is 5.91 Å². The van der Waals surface area contributed by atoms with Crippen molar-refractivity contribution in [2.24, 2.45) is 5.73 Å². The van der Waals surface area contributed by atoms with Gasteiger partial charge in [0.1, 0.15) is 0 Å². The second-order valence-corrected chi connectivity index (χ2v) is 4.76. The number of hydrogen-bond acceptors (Lipinski definition) is 3. The number of nitrogens with two attached hydrogens (primary N) is 2. The highest BCUT2D eigenvalue weighted by Crippen LogP contribution is 2.06. The van der Waals surface area contributed by atoms with Gasteiger partial charge in [-0.2, -0.15) is 0 Å². The standard InChI is InChI=1S/C16H19N3O/c17-14-8-4-7-13(9-14)11-19-16(20)15(18)10-12-5-2-1-3-6-12/h1-9,15H,10-11,17-18H2,(H,19,20). The summed E-state index contributed by atoms with van der Waals surface area (Å²) >= 11 is 0. The van der Waals surface area contributed by atoms with E-state index in [0.29, 0.717) is 18.7 Å². The van der Waals surface area contributed by atoms with Crippen molar-refractivity contribution >= 4 is 11.6 Å². The quantitative estimate of drug-likeness (QED) is 0.719. The fourth-order valence-electron chi connectivity index (χ4n) is 1.98. The topological polar surface area (TPSA) is 81.1 Å². The second-order valence-electron chi connectivity index (χ2n) is 4.76. The molecule has 0 aliphatic rings. The van der Waals surface area contributed by atoms with Gasteiger partial charge >= 0.3 is 0 Å². The molecule has 0 heterocycles. The zero-order valence-electron chi connectivity index (χ0n) is 11.3. The van der Waals surface area contributed by atoms with Gasteiger partial charge in [0.05, 0.1) is 6.04 Å². The van der Waals surface area contributed by atoms with Crippen LogP contribution in [0.15, 0.2) is 54.6 Å². The number of rotatable bonds is 5. The second kappa shape index (κ2) is 6.73. The van der Waals surface area contributed by atoms with Crippen LogP contribution in [0.2, 0.25) is 0 Å². The number of carbonyl (C=O) groups is 1. The van der Waals surface area contributed by atoms with Crippen LogP contribution >= 0.6 is 0 Å². The van der Waals surface area contributed by atoms with Crippen LogP contribution in [0.25, 0.3) is 0 Å². The summed E-state index contributed by atoms with van der Waals surface area (Å²) in [5.74, 6) is -0.156.